The number of ether oxygens (including phenoxy) is 6. The van der Waals surface area contributed by atoms with Gasteiger partial charge in [0.1, 0.15) is 47.3 Å². The second kappa shape index (κ2) is 19.4. The van der Waals surface area contributed by atoms with Crippen LogP contribution in [-0.4, -0.2) is 27.2 Å². The largest absolute Gasteiger partial charge is 0.469 e. The third kappa shape index (κ3) is 10.5. The second-order valence-electron chi connectivity index (χ2n) is 9.07. The minimum atomic E-state index is -0.133. The van der Waals surface area contributed by atoms with Gasteiger partial charge in [-0.3, -0.25) is 9.69 Å². The lowest BCUT2D eigenvalue weighted by molar-refractivity contribution is -0.130. The minimum Gasteiger partial charge on any atom is -0.469 e. The first-order valence-electron chi connectivity index (χ1n) is 13.8. The molecule has 0 fully saturated rings. The molecule has 0 N–H and O–H groups in total. The summed E-state index contributed by atoms with van der Waals surface area (Å²) >= 11 is 0. The fourth-order valence-corrected chi connectivity index (χ4v) is 3.67. The SMILES string of the molecule is [C-]#[N+]c1ccc(OCOCOCOc2ccc(C#N)c(C#N)c2)cc1[N+]#[C-].[C-]#[N+]c1ccc(OCOc2ccc(C#N)c(C#N)c2)cc1[N+]#[C-]. The lowest BCUT2D eigenvalue weighted by Crippen LogP contribution is -2.10. The molecule has 0 spiro atoms. The second-order valence-corrected chi connectivity index (χ2v) is 9.07. The van der Waals surface area contributed by atoms with Crippen LogP contribution in [-0.2, 0) is 9.47 Å². The van der Waals surface area contributed by atoms with Crippen molar-refractivity contribution >= 4 is 22.7 Å². The number of rotatable bonds is 12. The van der Waals surface area contributed by atoms with Crippen molar-refractivity contribution in [3.63, 3.8) is 0 Å². The smallest absolute Gasteiger partial charge is 0.230 e. The van der Waals surface area contributed by atoms with Gasteiger partial charge in [-0.1, -0.05) is 12.1 Å². The summed E-state index contributed by atoms with van der Waals surface area (Å²) < 4.78 is 31.6. The Morgan fingerprint density at radius 3 is 1.10 bits per heavy atom. The van der Waals surface area contributed by atoms with Gasteiger partial charge in [-0.15, -0.1) is 0 Å². The maximum absolute atomic E-state index is 8.95. The Morgan fingerprint density at radius 2 is 0.740 bits per heavy atom. The van der Waals surface area contributed by atoms with Crippen LogP contribution in [0.3, 0.4) is 0 Å². The average Bonchev–Trinajstić information content (AvgIpc) is 3.17. The van der Waals surface area contributed by atoms with Crippen LogP contribution in [0.2, 0.25) is 0 Å². The van der Waals surface area contributed by atoms with Gasteiger partial charge >= 0.3 is 0 Å². The Hall–Kier alpha value is -8.08. The Morgan fingerprint density at radius 1 is 0.400 bits per heavy atom. The summed E-state index contributed by atoms with van der Waals surface area (Å²) in [5, 5.41) is 35.6. The quantitative estimate of drug-likeness (QED) is 0.0829. The van der Waals surface area contributed by atoms with Crippen LogP contribution in [0.15, 0.2) is 72.8 Å². The lowest BCUT2D eigenvalue weighted by Gasteiger charge is -2.10. The lowest BCUT2D eigenvalue weighted by atomic mass is 10.1. The van der Waals surface area contributed by atoms with Gasteiger partial charge in [0.05, 0.1) is 48.5 Å². The molecule has 0 saturated heterocycles. The summed E-state index contributed by atoms with van der Waals surface area (Å²) in [6.45, 7) is 27.5. The maximum atomic E-state index is 8.95. The van der Waals surface area contributed by atoms with E-state index in [0.29, 0.717) is 23.0 Å². The van der Waals surface area contributed by atoms with Crippen LogP contribution in [0, 0.1) is 71.6 Å². The molecule has 0 radical (unpaired) electrons. The van der Waals surface area contributed by atoms with E-state index in [0.717, 1.165) is 0 Å². The van der Waals surface area contributed by atoms with Gasteiger partial charge in [-0.2, -0.15) is 21.0 Å². The summed E-state index contributed by atoms with van der Waals surface area (Å²) in [6.07, 6.45) is 0. The van der Waals surface area contributed by atoms with E-state index in [4.69, 9.17) is 75.8 Å². The first-order valence-corrected chi connectivity index (χ1v) is 13.8. The molecule has 240 valence electrons. The Balaban J connectivity index is 0.000000274. The zero-order valence-corrected chi connectivity index (χ0v) is 25.8. The topological polar surface area (TPSA) is 168 Å². The van der Waals surface area contributed by atoms with Crippen molar-refractivity contribution in [1.82, 2.24) is 0 Å². The van der Waals surface area contributed by atoms with E-state index in [9.17, 15) is 0 Å². The summed E-state index contributed by atoms with van der Waals surface area (Å²) in [5.74, 6) is 1.60. The van der Waals surface area contributed by atoms with Crippen molar-refractivity contribution in [2.24, 2.45) is 0 Å². The molecular formula is C36H20N8O6. The molecule has 4 rings (SSSR count). The molecule has 0 aliphatic rings. The van der Waals surface area contributed by atoms with Crippen LogP contribution >= 0.6 is 0 Å². The van der Waals surface area contributed by atoms with Gasteiger partial charge < -0.3 is 28.4 Å². The van der Waals surface area contributed by atoms with E-state index >= 15 is 0 Å². The predicted molar refractivity (Wildman–Crippen MR) is 174 cm³/mol. The molecular weight excluding hydrogens is 640 g/mol. The molecule has 50 heavy (non-hydrogen) atoms. The van der Waals surface area contributed by atoms with Crippen LogP contribution in [0.25, 0.3) is 19.4 Å². The molecule has 0 amide bonds. The zero-order chi connectivity index (χ0) is 36.1. The fourth-order valence-electron chi connectivity index (χ4n) is 3.67. The number of nitriles is 4. The predicted octanol–water partition coefficient (Wildman–Crippen LogP) is 7.84. The van der Waals surface area contributed by atoms with Gasteiger partial charge in [0.15, 0.2) is 43.1 Å². The van der Waals surface area contributed by atoms with E-state index in [1.165, 1.54) is 48.5 Å². The minimum absolute atomic E-state index is 0.100. The molecule has 14 heteroatoms. The summed E-state index contributed by atoms with van der Waals surface area (Å²) in [7, 11) is 0. The highest BCUT2D eigenvalue weighted by atomic mass is 16.8. The van der Waals surface area contributed by atoms with E-state index in [2.05, 4.69) is 19.4 Å². The number of hydrogen-bond donors (Lipinski definition) is 0. The van der Waals surface area contributed by atoms with Crippen molar-refractivity contribution in [3.05, 3.63) is 141 Å². The molecule has 0 heterocycles. The number of hydrogen-bond acceptors (Lipinski definition) is 10. The summed E-state index contributed by atoms with van der Waals surface area (Å²) in [6, 6.07) is 25.8. The van der Waals surface area contributed by atoms with Crippen LogP contribution in [0.1, 0.15) is 22.3 Å². The fraction of sp³-hybridized carbons (Fsp3) is 0.111. The van der Waals surface area contributed by atoms with E-state index in [1.807, 2.05) is 24.3 Å². The monoisotopic (exact) mass is 660 g/mol. The highest BCUT2D eigenvalue weighted by molar-refractivity contribution is 5.73. The summed E-state index contributed by atoms with van der Waals surface area (Å²) in [5.41, 5.74) is 1.95. The molecule has 0 atom stereocenters. The maximum Gasteiger partial charge on any atom is 0.230 e. The Bertz CT molecular complexity index is 2040. The van der Waals surface area contributed by atoms with Gasteiger partial charge in [0, 0.05) is 0 Å². The van der Waals surface area contributed by atoms with Crippen molar-refractivity contribution < 1.29 is 28.4 Å². The average molecular weight is 661 g/mol. The molecule has 4 aromatic rings. The molecule has 14 nitrogen and oxygen atoms in total. The number of benzene rings is 4. The normalized spacial score (nSPS) is 9.12. The first kappa shape index (κ1) is 36.4. The molecule has 0 unspecified atom stereocenters. The van der Waals surface area contributed by atoms with Gasteiger partial charge in [-0.05, 0) is 60.7 Å². The van der Waals surface area contributed by atoms with Crippen molar-refractivity contribution in [1.29, 1.82) is 21.0 Å². The number of nitrogens with zero attached hydrogens (tertiary/aromatic N) is 8. The Kier molecular flexibility index (Phi) is 14.1. The first-order chi connectivity index (χ1) is 24.4. The molecule has 4 aromatic carbocycles. The van der Waals surface area contributed by atoms with E-state index < -0.39 is 0 Å². The van der Waals surface area contributed by atoms with Gasteiger partial charge in [0.2, 0.25) is 6.79 Å². The Labute approximate surface area is 287 Å². The molecule has 0 saturated carbocycles. The van der Waals surface area contributed by atoms with E-state index in [1.54, 1.807) is 24.3 Å². The third-order valence-corrected chi connectivity index (χ3v) is 6.08. The van der Waals surface area contributed by atoms with Crippen LogP contribution in [0.4, 0.5) is 22.7 Å². The van der Waals surface area contributed by atoms with Crippen LogP contribution < -0.4 is 18.9 Å². The highest BCUT2D eigenvalue weighted by Crippen LogP contribution is 2.33. The van der Waals surface area contributed by atoms with E-state index in [-0.39, 0.29) is 72.2 Å². The van der Waals surface area contributed by atoms with Crippen molar-refractivity contribution in [2.45, 2.75) is 0 Å². The molecule has 0 aromatic heterocycles. The molecule has 0 aliphatic carbocycles. The van der Waals surface area contributed by atoms with Gasteiger partial charge in [-0.25, -0.2) is 9.69 Å². The highest BCUT2D eigenvalue weighted by Gasteiger charge is 2.07. The van der Waals surface area contributed by atoms with Crippen LogP contribution in [0.5, 0.6) is 23.0 Å². The van der Waals surface area contributed by atoms with Gasteiger partial charge in [0.25, 0.3) is 0 Å². The summed E-state index contributed by atoms with van der Waals surface area (Å²) in [4.78, 5) is 13.0. The standard InChI is InChI=1S/C19H12N4O4.C17H8N4O2/c1-22-18-6-5-17(8-19(18)23-2)27-13-25-11-24-12-26-16-4-3-14(9-20)15(7-16)10-21;1-20-16-6-5-15(8-17(16)21-2)23-11-22-14-4-3-12(9-18)13(7-14)10-19/h3-8H,11-13H2;3-8H,11H2. The zero-order valence-electron chi connectivity index (χ0n) is 25.8. The van der Waals surface area contributed by atoms with Crippen molar-refractivity contribution in [3.8, 4) is 47.3 Å². The van der Waals surface area contributed by atoms with Crippen molar-refractivity contribution in [2.75, 3.05) is 27.2 Å². The third-order valence-electron chi connectivity index (χ3n) is 6.08. The molecule has 0 bridgehead atoms. The molecule has 0 aliphatic heterocycles.